The SMILES string of the molecule is CCC(C)C(C(=O)O)N1C(=O)CC(C)CC1=O. The molecule has 1 saturated heterocycles. The van der Waals surface area contributed by atoms with Crippen LogP contribution in [0, 0.1) is 11.8 Å². The number of rotatable bonds is 4. The molecule has 0 aliphatic carbocycles. The summed E-state index contributed by atoms with van der Waals surface area (Å²) in [5.74, 6) is -2.04. The Labute approximate surface area is 101 Å². The Morgan fingerprint density at radius 3 is 2.24 bits per heavy atom. The third kappa shape index (κ3) is 2.84. The zero-order chi connectivity index (χ0) is 13.2. The van der Waals surface area contributed by atoms with Crippen molar-refractivity contribution in [3.8, 4) is 0 Å². The molecular formula is C12H19NO4. The largest absolute Gasteiger partial charge is 0.480 e. The number of carboxylic acids is 1. The number of carbonyl (C=O) groups excluding carboxylic acids is 2. The Hall–Kier alpha value is -1.39. The van der Waals surface area contributed by atoms with Crippen LogP contribution in [-0.4, -0.2) is 33.8 Å². The van der Waals surface area contributed by atoms with E-state index in [1.807, 2.05) is 13.8 Å². The number of hydrogen-bond donors (Lipinski definition) is 1. The molecule has 0 spiro atoms. The van der Waals surface area contributed by atoms with Gasteiger partial charge in [-0.15, -0.1) is 0 Å². The van der Waals surface area contributed by atoms with Gasteiger partial charge in [0.15, 0.2) is 0 Å². The molecule has 1 rings (SSSR count). The highest BCUT2D eigenvalue weighted by Crippen LogP contribution is 2.25. The second-order valence-corrected chi connectivity index (χ2v) is 4.84. The number of amides is 2. The van der Waals surface area contributed by atoms with Crippen molar-refractivity contribution in [1.82, 2.24) is 4.90 Å². The number of hydrogen-bond acceptors (Lipinski definition) is 3. The van der Waals surface area contributed by atoms with Crippen LogP contribution in [0.5, 0.6) is 0 Å². The molecule has 0 aromatic rings. The minimum Gasteiger partial charge on any atom is -0.480 e. The van der Waals surface area contributed by atoms with Gasteiger partial charge in [0, 0.05) is 12.8 Å². The van der Waals surface area contributed by atoms with E-state index in [1.165, 1.54) is 0 Å². The van der Waals surface area contributed by atoms with Gasteiger partial charge >= 0.3 is 5.97 Å². The van der Waals surface area contributed by atoms with E-state index in [1.54, 1.807) is 6.92 Å². The summed E-state index contributed by atoms with van der Waals surface area (Å²) in [5.41, 5.74) is 0. The van der Waals surface area contributed by atoms with Gasteiger partial charge in [0.25, 0.3) is 0 Å². The fraction of sp³-hybridized carbons (Fsp3) is 0.750. The molecule has 0 bridgehead atoms. The summed E-state index contributed by atoms with van der Waals surface area (Å²) in [4.78, 5) is 35.8. The molecule has 1 fully saturated rings. The summed E-state index contributed by atoms with van der Waals surface area (Å²) in [6.07, 6.45) is 1.13. The summed E-state index contributed by atoms with van der Waals surface area (Å²) < 4.78 is 0. The average Bonchev–Trinajstić information content (AvgIpc) is 2.21. The van der Waals surface area contributed by atoms with Gasteiger partial charge in [-0.25, -0.2) is 4.79 Å². The fourth-order valence-electron chi connectivity index (χ4n) is 2.15. The van der Waals surface area contributed by atoms with Crippen molar-refractivity contribution >= 4 is 17.8 Å². The molecule has 0 saturated carbocycles. The highest BCUT2D eigenvalue weighted by Gasteiger charge is 2.40. The van der Waals surface area contributed by atoms with Gasteiger partial charge in [-0.3, -0.25) is 14.5 Å². The number of aliphatic carboxylic acids is 1. The van der Waals surface area contributed by atoms with E-state index < -0.39 is 12.0 Å². The number of nitrogens with zero attached hydrogens (tertiary/aromatic N) is 1. The summed E-state index contributed by atoms with van der Waals surface area (Å²) in [6.45, 7) is 5.42. The lowest BCUT2D eigenvalue weighted by atomic mass is 9.91. The zero-order valence-corrected chi connectivity index (χ0v) is 10.5. The minimum atomic E-state index is -1.10. The topological polar surface area (TPSA) is 74.7 Å². The van der Waals surface area contributed by atoms with Gasteiger partial charge < -0.3 is 5.11 Å². The quantitative estimate of drug-likeness (QED) is 0.752. The second-order valence-electron chi connectivity index (χ2n) is 4.84. The van der Waals surface area contributed by atoms with E-state index in [0.29, 0.717) is 6.42 Å². The van der Waals surface area contributed by atoms with Gasteiger partial charge in [0.1, 0.15) is 6.04 Å². The lowest BCUT2D eigenvalue weighted by Crippen LogP contribution is -2.54. The van der Waals surface area contributed by atoms with Crippen molar-refractivity contribution in [2.24, 2.45) is 11.8 Å². The van der Waals surface area contributed by atoms with E-state index in [9.17, 15) is 19.5 Å². The Balaban J connectivity index is 2.97. The van der Waals surface area contributed by atoms with Crippen LogP contribution < -0.4 is 0 Å². The molecule has 1 aliphatic rings. The van der Waals surface area contributed by atoms with Crippen LogP contribution in [0.3, 0.4) is 0 Å². The smallest absolute Gasteiger partial charge is 0.327 e. The monoisotopic (exact) mass is 241 g/mol. The van der Waals surface area contributed by atoms with Crippen molar-refractivity contribution < 1.29 is 19.5 Å². The fourth-order valence-corrected chi connectivity index (χ4v) is 2.15. The molecule has 5 nitrogen and oxygen atoms in total. The van der Waals surface area contributed by atoms with Crippen molar-refractivity contribution in [2.45, 2.75) is 46.1 Å². The molecule has 5 heteroatoms. The van der Waals surface area contributed by atoms with Crippen molar-refractivity contribution in [3.05, 3.63) is 0 Å². The normalized spacial score (nSPS) is 21.5. The van der Waals surface area contributed by atoms with E-state index >= 15 is 0 Å². The molecule has 2 atom stereocenters. The Kier molecular flexibility index (Phi) is 4.26. The highest BCUT2D eigenvalue weighted by atomic mass is 16.4. The van der Waals surface area contributed by atoms with Gasteiger partial charge in [-0.2, -0.15) is 0 Å². The molecule has 1 heterocycles. The molecule has 2 unspecified atom stereocenters. The number of carboxylic acid groups (broad SMARTS) is 1. The molecule has 1 aliphatic heterocycles. The highest BCUT2D eigenvalue weighted by molar-refractivity contribution is 6.01. The molecular weight excluding hydrogens is 222 g/mol. The summed E-state index contributed by atoms with van der Waals surface area (Å²) in [5, 5.41) is 9.18. The van der Waals surface area contributed by atoms with Crippen LogP contribution in [0.25, 0.3) is 0 Å². The van der Waals surface area contributed by atoms with Gasteiger partial charge in [-0.05, 0) is 11.8 Å². The molecule has 96 valence electrons. The van der Waals surface area contributed by atoms with E-state index in [4.69, 9.17) is 0 Å². The van der Waals surface area contributed by atoms with Gasteiger partial charge in [0.2, 0.25) is 11.8 Å². The first kappa shape index (κ1) is 13.7. The third-order valence-corrected chi connectivity index (χ3v) is 3.30. The molecule has 17 heavy (non-hydrogen) atoms. The average molecular weight is 241 g/mol. The number of carbonyl (C=O) groups is 3. The van der Waals surface area contributed by atoms with Crippen molar-refractivity contribution in [2.75, 3.05) is 0 Å². The second kappa shape index (κ2) is 5.29. The first-order chi connectivity index (χ1) is 7.88. The van der Waals surface area contributed by atoms with Crippen molar-refractivity contribution in [3.63, 3.8) is 0 Å². The van der Waals surface area contributed by atoms with Crippen LogP contribution in [0.4, 0.5) is 0 Å². The van der Waals surface area contributed by atoms with E-state index in [-0.39, 0.29) is 36.5 Å². The Bertz CT molecular complexity index is 321. The lowest BCUT2D eigenvalue weighted by molar-refractivity contribution is -0.163. The Morgan fingerprint density at radius 2 is 1.88 bits per heavy atom. The molecule has 0 radical (unpaired) electrons. The summed E-state index contributed by atoms with van der Waals surface area (Å²) in [7, 11) is 0. The number of piperidine rings is 1. The molecule has 2 amide bonds. The molecule has 0 aromatic heterocycles. The standard InChI is InChI=1S/C12H19NO4/c1-4-8(3)11(12(16)17)13-9(14)5-7(2)6-10(13)15/h7-8,11H,4-6H2,1-3H3,(H,16,17). The van der Waals surface area contributed by atoms with Crippen LogP contribution in [0.15, 0.2) is 0 Å². The summed E-state index contributed by atoms with van der Waals surface area (Å²) >= 11 is 0. The third-order valence-electron chi connectivity index (χ3n) is 3.30. The van der Waals surface area contributed by atoms with Gasteiger partial charge in [0.05, 0.1) is 0 Å². The van der Waals surface area contributed by atoms with Crippen LogP contribution in [0.2, 0.25) is 0 Å². The maximum absolute atomic E-state index is 11.8. The minimum absolute atomic E-state index is 0.0117. The van der Waals surface area contributed by atoms with Crippen LogP contribution in [0.1, 0.15) is 40.0 Å². The predicted molar refractivity (Wildman–Crippen MR) is 61.1 cm³/mol. The maximum Gasteiger partial charge on any atom is 0.327 e. The van der Waals surface area contributed by atoms with Crippen LogP contribution in [-0.2, 0) is 14.4 Å². The first-order valence-corrected chi connectivity index (χ1v) is 5.96. The van der Waals surface area contributed by atoms with Gasteiger partial charge in [-0.1, -0.05) is 27.2 Å². The molecule has 0 aromatic carbocycles. The molecule has 1 N–H and O–H groups in total. The van der Waals surface area contributed by atoms with Crippen molar-refractivity contribution in [1.29, 1.82) is 0 Å². The van der Waals surface area contributed by atoms with E-state index in [2.05, 4.69) is 0 Å². The van der Waals surface area contributed by atoms with E-state index in [0.717, 1.165) is 4.90 Å². The van der Waals surface area contributed by atoms with Crippen LogP contribution >= 0.6 is 0 Å². The lowest BCUT2D eigenvalue weighted by Gasteiger charge is -2.35. The zero-order valence-electron chi connectivity index (χ0n) is 10.5. The number of likely N-dealkylation sites (tertiary alicyclic amines) is 1. The summed E-state index contributed by atoms with van der Waals surface area (Å²) in [6, 6.07) is -1.02. The maximum atomic E-state index is 11.8. The first-order valence-electron chi connectivity index (χ1n) is 5.96. The predicted octanol–water partition coefficient (Wildman–Crippen LogP) is 1.27. The number of imide groups is 1. The Morgan fingerprint density at radius 1 is 1.41 bits per heavy atom.